The molecule has 0 radical (unpaired) electrons. The van der Waals surface area contributed by atoms with Gasteiger partial charge in [-0.1, -0.05) is 31.9 Å². The van der Waals surface area contributed by atoms with Gasteiger partial charge in [0.2, 0.25) is 0 Å². The molecule has 0 saturated carbocycles. The van der Waals surface area contributed by atoms with E-state index in [0.29, 0.717) is 28.6 Å². The largest absolute Gasteiger partial charge is 0.506 e. The predicted octanol–water partition coefficient (Wildman–Crippen LogP) is 4.34. The summed E-state index contributed by atoms with van der Waals surface area (Å²) in [5, 5.41) is 11.6. The van der Waals surface area contributed by atoms with E-state index in [1.165, 1.54) is 12.5 Å². The minimum atomic E-state index is -0.374. The molecule has 3 rings (SSSR count). The Labute approximate surface area is 147 Å². The van der Waals surface area contributed by atoms with E-state index in [4.69, 9.17) is 16.0 Å². The number of hydrogen-bond acceptors (Lipinski definition) is 4. The number of aromatic hydroxyl groups is 1. The summed E-state index contributed by atoms with van der Waals surface area (Å²) in [6.45, 7) is 6.81. The summed E-state index contributed by atoms with van der Waals surface area (Å²) in [6.07, 6.45) is 4.08. The molecular weight excluding hydrogens is 326 g/mol. The molecular formula is C19H24ClNO3. The lowest BCUT2D eigenvalue weighted by molar-refractivity contribution is 0.175. The summed E-state index contributed by atoms with van der Waals surface area (Å²) in [6, 6.07) is 3.24. The molecule has 1 saturated heterocycles. The van der Waals surface area contributed by atoms with E-state index < -0.39 is 0 Å². The van der Waals surface area contributed by atoms with Crippen LogP contribution in [-0.2, 0) is 13.0 Å². The summed E-state index contributed by atoms with van der Waals surface area (Å²) in [7, 11) is 0. The van der Waals surface area contributed by atoms with Crippen molar-refractivity contribution in [1.29, 1.82) is 0 Å². The third-order valence-corrected chi connectivity index (χ3v) is 5.07. The first-order chi connectivity index (χ1) is 11.5. The maximum atomic E-state index is 12.0. The van der Waals surface area contributed by atoms with Gasteiger partial charge in [-0.2, -0.15) is 0 Å². The molecule has 0 unspecified atom stereocenters. The van der Waals surface area contributed by atoms with Crippen molar-refractivity contribution in [3.8, 4) is 5.75 Å². The number of fused-ring (bicyclic) bond motifs is 1. The van der Waals surface area contributed by atoms with Crippen LogP contribution in [0, 0.1) is 5.92 Å². The summed E-state index contributed by atoms with van der Waals surface area (Å²) in [5.74, 6) is 0.660. The number of aryl methyl sites for hydroxylation is 1. The van der Waals surface area contributed by atoms with E-state index >= 15 is 0 Å². The molecule has 1 aromatic heterocycles. The van der Waals surface area contributed by atoms with Gasteiger partial charge >= 0.3 is 5.63 Å². The van der Waals surface area contributed by atoms with E-state index in [0.717, 1.165) is 43.3 Å². The van der Waals surface area contributed by atoms with Gasteiger partial charge in [-0.3, -0.25) is 4.90 Å². The van der Waals surface area contributed by atoms with Gasteiger partial charge in [0.15, 0.2) is 0 Å². The Balaban J connectivity index is 2.11. The van der Waals surface area contributed by atoms with Crippen LogP contribution in [0.3, 0.4) is 0 Å². The Morgan fingerprint density at radius 3 is 2.92 bits per heavy atom. The van der Waals surface area contributed by atoms with Crippen molar-refractivity contribution >= 4 is 22.6 Å². The fraction of sp³-hybridized carbons (Fsp3) is 0.526. The Bertz CT molecular complexity index is 799. The van der Waals surface area contributed by atoms with Crippen LogP contribution in [0.15, 0.2) is 21.3 Å². The number of benzene rings is 1. The van der Waals surface area contributed by atoms with Gasteiger partial charge in [0, 0.05) is 24.5 Å². The van der Waals surface area contributed by atoms with Crippen LogP contribution in [0.2, 0.25) is 5.02 Å². The monoisotopic (exact) mass is 349 g/mol. The average molecular weight is 350 g/mol. The Morgan fingerprint density at radius 2 is 2.21 bits per heavy atom. The maximum absolute atomic E-state index is 12.0. The molecule has 1 aliphatic heterocycles. The first kappa shape index (κ1) is 17.3. The van der Waals surface area contributed by atoms with E-state index in [1.807, 2.05) is 0 Å². The number of rotatable bonds is 4. The average Bonchev–Trinajstić information content (AvgIpc) is 2.53. The van der Waals surface area contributed by atoms with Crippen LogP contribution in [0.5, 0.6) is 5.75 Å². The second kappa shape index (κ2) is 7.16. The molecule has 1 atom stereocenters. The molecule has 1 aromatic carbocycles. The second-order valence-corrected chi connectivity index (χ2v) is 7.29. The van der Waals surface area contributed by atoms with E-state index in [1.54, 1.807) is 6.07 Å². The van der Waals surface area contributed by atoms with Crippen molar-refractivity contribution in [2.45, 2.75) is 46.1 Å². The topological polar surface area (TPSA) is 53.7 Å². The lowest BCUT2D eigenvalue weighted by Gasteiger charge is -2.31. The molecule has 0 amide bonds. The van der Waals surface area contributed by atoms with Gasteiger partial charge in [-0.25, -0.2) is 4.79 Å². The highest BCUT2D eigenvalue weighted by Crippen LogP contribution is 2.37. The summed E-state index contributed by atoms with van der Waals surface area (Å²) >= 11 is 6.26. The van der Waals surface area contributed by atoms with Crippen LogP contribution < -0.4 is 5.63 Å². The van der Waals surface area contributed by atoms with E-state index in [9.17, 15) is 9.90 Å². The van der Waals surface area contributed by atoms with Crippen LogP contribution in [0.25, 0.3) is 11.0 Å². The van der Waals surface area contributed by atoms with E-state index in [-0.39, 0.29) is 11.4 Å². The molecule has 2 aromatic rings. The molecule has 0 aliphatic carbocycles. The van der Waals surface area contributed by atoms with Crippen molar-refractivity contribution in [2.75, 3.05) is 13.1 Å². The molecule has 24 heavy (non-hydrogen) atoms. The molecule has 130 valence electrons. The summed E-state index contributed by atoms with van der Waals surface area (Å²) < 4.78 is 5.48. The minimum Gasteiger partial charge on any atom is -0.506 e. The fourth-order valence-electron chi connectivity index (χ4n) is 3.66. The third-order valence-electron chi connectivity index (χ3n) is 4.78. The van der Waals surface area contributed by atoms with Gasteiger partial charge in [0.05, 0.1) is 10.6 Å². The van der Waals surface area contributed by atoms with Gasteiger partial charge in [0.1, 0.15) is 11.3 Å². The molecule has 5 heteroatoms. The first-order valence-corrected chi connectivity index (χ1v) is 9.06. The van der Waals surface area contributed by atoms with Crippen molar-refractivity contribution < 1.29 is 9.52 Å². The number of phenols is 1. The number of piperidine rings is 1. The molecule has 0 bridgehead atoms. The van der Waals surface area contributed by atoms with Crippen LogP contribution in [-0.4, -0.2) is 23.1 Å². The second-order valence-electron chi connectivity index (χ2n) is 6.89. The lowest BCUT2D eigenvalue weighted by atomic mass is 9.98. The number of likely N-dealkylation sites (tertiary alicyclic amines) is 1. The van der Waals surface area contributed by atoms with Crippen molar-refractivity contribution in [3.63, 3.8) is 0 Å². The maximum Gasteiger partial charge on any atom is 0.336 e. The number of nitrogens with zero attached hydrogens (tertiary/aromatic N) is 1. The molecule has 1 fully saturated rings. The summed E-state index contributed by atoms with van der Waals surface area (Å²) in [5.41, 5.74) is 1.66. The van der Waals surface area contributed by atoms with Crippen LogP contribution in [0.4, 0.5) is 0 Å². The van der Waals surface area contributed by atoms with Crippen molar-refractivity contribution in [2.24, 2.45) is 5.92 Å². The predicted molar refractivity (Wildman–Crippen MR) is 96.8 cm³/mol. The lowest BCUT2D eigenvalue weighted by Crippen LogP contribution is -2.33. The van der Waals surface area contributed by atoms with Gasteiger partial charge < -0.3 is 9.52 Å². The zero-order chi connectivity index (χ0) is 17.3. The molecule has 1 N–H and O–H groups in total. The van der Waals surface area contributed by atoms with Gasteiger partial charge in [-0.15, -0.1) is 0 Å². The minimum absolute atomic E-state index is 0.0270. The van der Waals surface area contributed by atoms with Crippen LogP contribution in [0.1, 0.15) is 44.2 Å². The Morgan fingerprint density at radius 1 is 1.42 bits per heavy atom. The van der Waals surface area contributed by atoms with Gasteiger partial charge in [-0.05, 0) is 43.4 Å². The summed E-state index contributed by atoms with van der Waals surface area (Å²) in [4.78, 5) is 14.3. The zero-order valence-electron chi connectivity index (χ0n) is 14.3. The SMILES string of the molecule is CCCc1cc(=O)oc2c(CN3CCC[C@H](C)C3)c(O)c(Cl)cc12. The van der Waals surface area contributed by atoms with Crippen molar-refractivity contribution in [3.05, 3.63) is 38.7 Å². The molecule has 0 spiro atoms. The molecule has 2 heterocycles. The smallest absolute Gasteiger partial charge is 0.336 e. The highest BCUT2D eigenvalue weighted by atomic mass is 35.5. The normalized spacial score (nSPS) is 19.0. The standard InChI is InChI=1S/C19H24ClNO3/c1-3-5-13-8-17(22)24-19-14(13)9-16(20)18(23)15(19)11-21-7-4-6-12(2)10-21/h8-9,12,23H,3-7,10-11H2,1-2H3/t12-/m0/s1. The molecule has 4 nitrogen and oxygen atoms in total. The first-order valence-electron chi connectivity index (χ1n) is 8.69. The van der Waals surface area contributed by atoms with Crippen LogP contribution >= 0.6 is 11.6 Å². The zero-order valence-corrected chi connectivity index (χ0v) is 15.0. The third kappa shape index (κ3) is 3.45. The highest BCUT2D eigenvalue weighted by molar-refractivity contribution is 6.33. The number of halogens is 1. The van der Waals surface area contributed by atoms with Gasteiger partial charge in [0.25, 0.3) is 0 Å². The van der Waals surface area contributed by atoms with Crippen molar-refractivity contribution in [1.82, 2.24) is 4.90 Å². The molecule has 1 aliphatic rings. The quantitative estimate of drug-likeness (QED) is 0.834. The fourth-order valence-corrected chi connectivity index (χ4v) is 3.88. The van der Waals surface area contributed by atoms with E-state index in [2.05, 4.69) is 18.7 Å². The Kier molecular flexibility index (Phi) is 5.16. The number of phenolic OH excluding ortho intramolecular Hbond substituents is 1. The Hall–Kier alpha value is -1.52. The number of hydrogen-bond donors (Lipinski definition) is 1. The highest BCUT2D eigenvalue weighted by Gasteiger charge is 2.22.